The molecule has 0 aromatic heterocycles. The number of thioether (sulfide) groups is 2. The zero-order valence-corrected chi connectivity index (χ0v) is 17.9. The minimum atomic E-state index is -0.605. The first kappa shape index (κ1) is 20.2. The second kappa shape index (κ2) is 8.32. The van der Waals surface area contributed by atoms with Crippen LogP contribution in [-0.4, -0.2) is 70.5 Å². The molecule has 5 nitrogen and oxygen atoms in total. The second-order valence-corrected chi connectivity index (χ2v) is 10.4. The highest BCUT2D eigenvalue weighted by atomic mass is 32.2. The number of carbonyl (C=O) groups is 2. The highest BCUT2D eigenvalue weighted by Gasteiger charge is 2.41. The molecule has 2 aliphatic heterocycles. The van der Waals surface area contributed by atoms with Gasteiger partial charge in [-0.2, -0.15) is 0 Å². The normalized spacial score (nSPS) is 30.3. The predicted molar refractivity (Wildman–Crippen MR) is 114 cm³/mol. The Kier molecular flexibility index (Phi) is 5.99. The Morgan fingerprint density at radius 1 is 0.964 bits per heavy atom. The molecule has 28 heavy (non-hydrogen) atoms. The summed E-state index contributed by atoms with van der Waals surface area (Å²) in [7, 11) is 2.10. The van der Waals surface area contributed by atoms with Crippen LogP contribution in [0.2, 0.25) is 0 Å². The van der Waals surface area contributed by atoms with Crippen molar-refractivity contribution in [3.63, 3.8) is 0 Å². The molecule has 150 valence electrons. The standard InChI is InChI=1S/C21H26N2O3S2/c1-13-3-5-14(6-4-13)15-11-16(24)18(17(25)12-15)21-27-19(20(26)28-21)23-9-7-22(2)8-10-23/h3-6,15,19-20,26H,7-12H2,1-2H3. The number of aliphatic hydroxyl groups is 1. The molecule has 2 atom stereocenters. The van der Waals surface area contributed by atoms with Gasteiger partial charge in [0.25, 0.3) is 0 Å². The first-order chi connectivity index (χ1) is 13.4. The van der Waals surface area contributed by atoms with Gasteiger partial charge in [-0.25, -0.2) is 0 Å². The molecule has 3 fully saturated rings. The third-order valence-electron chi connectivity index (χ3n) is 5.77. The molecule has 0 spiro atoms. The zero-order chi connectivity index (χ0) is 19.8. The number of rotatable bonds is 2. The fourth-order valence-electron chi connectivity index (χ4n) is 3.99. The number of Topliss-reactive ketones (excluding diaryl/α,β-unsaturated/α-hetero) is 2. The topological polar surface area (TPSA) is 60.9 Å². The summed E-state index contributed by atoms with van der Waals surface area (Å²) in [6.07, 6.45) is 0.730. The molecule has 2 unspecified atom stereocenters. The SMILES string of the molecule is Cc1ccc(C2CC(=O)C(=C3SC(O)C(N4CCN(C)CC4)S3)C(=O)C2)cc1. The molecule has 0 radical (unpaired) electrons. The van der Waals surface area contributed by atoms with Crippen LogP contribution >= 0.6 is 23.5 Å². The van der Waals surface area contributed by atoms with Crippen LogP contribution in [0.25, 0.3) is 0 Å². The lowest BCUT2D eigenvalue weighted by atomic mass is 9.80. The van der Waals surface area contributed by atoms with Crippen LogP contribution in [-0.2, 0) is 9.59 Å². The molecule has 4 rings (SSSR count). The molecule has 2 heterocycles. The molecule has 7 heteroatoms. The van der Waals surface area contributed by atoms with Crippen molar-refractivity contribution in [2.45, 2.75) is 36.5 Å². The summed E-state index contributed by atoms with van der Waals surface area (Å²) in [6.45, 7) is 5.75. The van der Waals surface area contributed by atoms with Crippen molar-refractivity contribution < 1.29 is 14.7 Å². The number of aryl methyl sites for hydroxylation is 1. The van der Waals surface area contributed by atoms with Crippen LogP contribution in [0, 0.1) is 6.92 Å². The van der Waals surface area contributed by atoms with E-state index in [0.717, 1.165) is 31.7 Å². The number of hydrogen-bond acceptors (Lipinski definition) is 7. The predicted octanol–water partition coefficient (Wildman–Crippen LogP) is 2.59. The van der Waals surface area contributed by atoms with Crippen molar-refractivity contribution >= 4 is 35.1 Å². The lowest BCUT2D eigenvalue weighted by Gasteiger charge is -2.36. The van der Waals surface area contributed by atoms with E-state index in [0.29, 0.717) is 22.7 Å². The molecule has 1 saturated carbocycles. The van der Waals surface area contributed by atoms with Crippen molar-refractivity contribution in [3.8, 4) is 0 Å². The first-order valence-corrected chi connectivity index (χ1v) is 11.5. The maximum atomic E-state index is 12.9. The average Bonchev–Trinajstić information content (AvgIpc) is 3.03. The van der Waals surface area contributed by atoms with Gasteiger partial charge < -0.3 is 10.0 Å². The van der Waals surface area contributed by atoms with E-state index in [4.69, 9.17) is 0 Å². The lowest BCUT2D eigenvalue weighted by Crippen LogP contribution is -2.49. The number of likely N-dealkylation sites (N-methyl/N-ethyl adjacent to an activating group) is 1. The van der Waals surface area contributed by atoms with E-state index in [-0.39, 0.29) is 22.9 Å². The number of allylic oxidation sites excluding steroid dienone is 1. The van der Waals surface area contributed by atoms with Crippen molar-refractivity contribution in [3.05, 3.63) is 45.2 Å². The van der Waals surface area contributed by atoms with E-state index >= 15 is 0 Å². The van der Waals surface area contributed by atoms with E-state index in [1.807, 2.05) is 31.2 Å². The third kappa shape index (κ3) is 4.09. The van der Waals surface area contributed by atoms with Crippen LogP contribution in [0.4, 0.5) is 0 Å². The second-order valence-electron chi connectivity index (χ2n) is 7.88. The Morgan fingerprint density at radius 2 is 1.57 bits per heavy atom. The lowest BCUT2D eigenvalue weighted by molar-refractivity contribution is -0.124. The quantitative estimate of drug-likeness (QED) is 0.585. The highest BCUT2D eigenvalue weighted by Crippen LogP contribution is 2.50. The minimum absolute atomic E-state index is 0.0419. The summed E-state index contributed by atoms with van der Waals surface area (Å²) < 4.78 is 0.716. The van der Waals surface area contributed by atoms with Gasteiger partial charge in [-0.1, -0.05) is 53.4 Å². The van der Waals surface area contributed by atoms with Gasteiger partial charge in [-0.05, 0) is 25.5 Å². The molecule has 2 saturated heterocycles. The van der Waals surface area contributed by atoms with E-state index in [9.17, 15) is 14.7 Å². The summed E-state index contributed by atoms with van der Waals surface area (Å²) in [5.74, 6) is -0.203. The number of benzene rings is 1. The summed E-state index contributed by atoms with van der Waals surface area (Å²) in [6, 6.07) is 8.09. The van der Waals surface area contributed by atoms with Gasteiger partial charge >= 0.3 is 0 Å². The van der Waals surface area contributed by atoms with Gasteiger partial charge in [-0.15, -0.1) is 0 Å². The van der Waals surface area contributed by atoms with Crippen molar-refractivity contribution in [2.24, 2.45) is 0 Å². The fraction of sp³-hybridized carbons (Fsp3) is 0.524. The number of ketones is 2. The Hall–Kier alpha value is -1.12. The van der Waals surface area contributed by atoms with Crippen LogP contribution in [0.15, 0.2) is 34.1 Å². The van der Waals surface area contributed by atoms with Gasteiger partial charge in [0.1, 0.15) is 5.44 Å². The maximum absolute atomic E-state index is 12.9. The van der Waals surface area contributed by atoms with E-state index < -0.39 is 5.44 Å². The maximum Gasteiger partial charge on any atom is 0.168 e. The monoisotopic (exact) mass is 418 g/mol. The van der Waals surface area contributed by atoms with Gasteiger partial charge in [-0.3, -0.25) is 14.5 Å². The number of piperazine rings is 1. The number of aliphatic hydroxyl groups excluding tert-OH is 1. The van der Waals surface area contributed by atoms with Crippen LogP contribution in [0.3, 0.4) is 0 Å². The Labute approximate surface area is 174 Å². The van der Waals surface area contributed by atoms with Crippen molar-refractivity contribution in [1.82, 2.24) is 9.80 Å². The van der Waals surface area contributed by atoms with Crippen LogP contribution in [0.1, 0.15) is 29.9 Å². The molecule has 0 bridgehead atoms. The Morgan fingerprint density at radius 3 is 2.18 bits per heavy atom. The highest BCUT2D eigenvalue weighted by molar-refractivity contribution is 8.25. The molecular weight excluding hydrogens is 392 g/mol. The largest absolute Gasteiger partial charge is 0.379 e. The number of carbonyl (C=O) groups excluding carboxylic acids is 2. The molecule has 1 aliphatic carbocycles. The Balaban J connectivity index is 1.49. The number of hydrogen-bond donors (Lipinski definition) is 1. The van der Waals surface area contributed by atoms with Gasteiger partial charge in [0.05, 0.1) is 15.2 Å². The molecule has 1 N–H and O–H groups in total. The van der Waals surface area contributed by atoms with Gasteiger partial charge in [0.15, 0.2) is 11.6 Å². The summed E-state index contributed by atoms with van der Waals surface area (Å²) >= 11 is 2.78. The molecule has 3 aliphatic rings. The Bertz CT molecular complexity index is 780. The third-order valence-corrected chi connectivity index (χ3v) is 8.65. The van der Waals surface area contributed by atoms with E-state index in [1.165, 1.54) is 29.1 Å². The smallest absolute Gasteiger partial charge is 0.168 e. The zero-order valence-electron chi connectivity index (χ0n) is 16.3. The van der Waals surface area contributed by atoms with E-state index in [1.54, 1.807) is 0 Å². The van der Waals surface area contributed by atoms with E-state index in [2.05, 4.69) is 16.8 Å². The molecular formula is C21H26N2O3S2. The minimum Gasteiger partial charge on any atom is -0.379 e. The van der Waals surface area contributed by atoms with Gasteiger partial charge in [0.2, 0.25) is 0 Å². The summed E-state index contributed by atoms with van der Waals surface area (Å²) in [5, 5.41) is 10.5. The van der Waals surface area contributed by atoms with Crippen LogP contribution in [0.5, 0.6) is 0 Å². The van der Waals surface area contributed by atoms with Crippen molar-refractivity contribution in [2.75, 3.05) is 33.2 Å². The summed E-state index contributed by atoms with van der Waals surface area (Å²) in [5.41, 5.74) is 1.95. The average molecular weight is 419 g/mol. The fourth-order valence-corrected chi connectivity index (χ4v) is 7.04. The summed E-state index contributed by atoms with van der Waals surface area (Å²) in [4.78, 5) is 30.3. The molecule has 0 amide bonds. The number of nitrogens with zero attached hydrogens (tertiary/aromatic N) is 2. The molecule has 1 aromatic rings. The van der Waals surface area contributed by atoms with Crippen molar-refractivity contribution in [1.29, 1.82) is 0 Å². The van der Waals surface area contributed by atoms with Crippen LogP contribution < -0.4 is 0 Å². The van der Waals surface area contributed by atoms with Gasteiger partial charge in [0, 0.05) is 39.0 Å². The first-order valence-electron chi connectivity index (χ1n) is 9.73. The molecule has 1 aromatic carbocycles.